The topological polar surface area (TPSA) is 190 Å². The molecule has 2 rings (SSSR count). The van der Waals surface area contributed by atoms with E-state index in [4.69, 9.17) is 31.3 Å². The summed E-state index contributed by atoms with van der Waals surface area (Å²) in [5, 5.41) is 46.6. The average Bonchev–Trinajstić information content (AvgIpc) is 2.70. The second kappa shape index (κ2) is 11.7. The third kappa shape index (κ3) is 8.76. The maximum atomic E-state index is 11.0. The van der Waals surface area contributed by atoms with Gasteiger partial charge in [-0.1, -0.05) is 18.2 Å². The Morgan fingerprint density at radius 1 is 0.967 bits per heavy atom. The minimum absolute atomic E-state index is 0.103. The van der Waals surface area contributed by atoms with E-state index in [-0.39, 0.29) is 30.2 Å². The van der Waals surface area contributed by atoms with Crippen molar-refractivity contribution in [3.63, 3.8) is 0 Å². The molecule has 30 heavy (non-hydrogen) atoms. The van der Waals surface area contributed by atoms with E-state index < -0.39 is 23.9 Å². The van der Waals surface area contributed by atoms with Crippen LogP contribution in [0.3, 0.4) is 0 Å². The van der Waals surface area contributed by atoms with Crippen molar-refractivity contribution >= 4 is 23.9 Å². The van der Waals surface area contributed by atoms with Gasteiger partial charge >= 0.3 is 11.9 Å². The largest absolute Gasteiger partial charge is 0.508 e. The lowest BCUT2D eigenvalue weighted by Crippen LogP contribution is -2.44. The number of carbonyl (C=O) groups is 3. The number of nitrogens with two attached hydrogens (primary N) is 1. The van der Waals surface area contributed by atoms with Gasteiger partial charge in [-0.05, 0) is 41.5 Å². The molecule has 8 N–H and O–H groups in total. The maximum absolute atomic E-state index is 11.0. The molecule has 0 aliphatic heterocycles. The molecule has 0 saturated heterocycles. The summed E-state index contributed by atoms with van der Waals surface area (Å²) in [7, 11) is 0. The first-order chi connectivity index (χ1) is 14.1. The van der Waals surface area contributed by atoms with E-state index in [1.807, 2.05) is 0 Å². The summed E-state index contributed by atoms with van der Waals surface area (Å²) in [6, 6.07) is 9.15. The van der Waals surface area contributed by atoms with E-state index in [0.717, 1.165) is 6.08 Å². The van der Waals surface area contributed by atoms with Crippen LogP contribution in [0.5, 0.6) is 17.2 Å². The smallest absolute Gasteiger partial charge is 0.328 e. The summed E-state index contributed by atoms with van der Waals surface area (Å²) in [5.74, 6) is -3.10. The van der Waals surface area contributed by atoms with Crippen LogP contribution in [0, 0.1) is 0 Å². The molecule has 0 heterocycles. The zero-order chi connectivity index (χ0) is 22.7. The second-order valence-corrected chi connectivity index (χ2v) is 5.95. The fraction of sp³-hybridized carbons (Fsp3) is 0.150. The van der Waals surface area contributed by atoms with Gasteiger partial charge < -0.3 is 36.6 Å². The third-order valence-corrected chi connectivity index (χ3v) is 3.61. The standard InChI is InChI=1S/C11H14N2O4.C9H8O4/c12-6-10(15)13-9(11(16)17)5-7-1-3-8(14)4-2-7;10-7-3-1-6(5-8(7)11)2-4-9(12)13/h1-4,9,14H,5-6,12H2,(H,13,15)(H,16,17);1-5,10-11H,(H,12,13)/b;4-2+/t9-;/m0./s1. The molecule has 2 aromatic carbocycles. The van der Waals surface area contributed by atoms with Crippen molar-refractivity contribution in [2.75, 3.05) is 6.54 Å². The van der Waals surface area contributed by atoms with Crippen molar-refractivity contribution in [1.29, 1.82) is 0 Å². The molecule has 0 fully saturated rings. The Bertz CT molecular complexity index is 910. The van der Waals surface area contributed by atoms with Gasteiger partial charge in [-0.15, -0.1) is 0 Å². The van der Waals surface area contributed by atoms with Gasteiger partial charge in [0.05, 0.1) is 6.54 Å². The number of hydrogen-bond donors (Lipinski definition) is 7. The van der Waals surface area contributed by atoms with Gasteiger partial charge in [0.2, 0.25) is 5.91 Å². The first-order valence-corrected chi connectivity index (χ1v) is 8.55. The number of aliphatic carboxylic acids is 2. The van der Waals surface area contributed by atoms with Gasteiger partial charge in [0, 0.05) is 12.5 Å². The molecule has 1 atom stereocenters. The molecule has 2 aromatic rings. The van der Waals surface area contributed by atoms with E-state index in [1.54, 1.807) is 12.1 Å². The molecule has 0 unspecified atom stereocenters. The van der Waals surface area contributed by atoms with Gasteiger partial charge in [-0.2, -0.15) is 0 Å². The highest BCUT2D eigenvalue weighted by Gasteiger charge is 2.19. The fourth-order valence-electron chi connectivity index (χ4n) is 2.13. The highest BCUT2D eigenvalue weighted by Crippen LogP contribution is 2.25. The second-order valence-electron chi connectivity index (χ2n) is 5.95. The monoisotopic (exact) mass is 418 g/mol. The van der Waals surface area contributed by atoms with Crippen molar-refractivity contribution in [2.45, 2.75) is 12.5 Å². The van der Waals surface area contributed by atoms with Crippen molar-refractivity contribution in [3.8, 4) is 17.2 Å². The molecule has 0 saturated carbocycles. The van der Waals surface area contributed by atoms with Crippen LogP contribution in [-0.2, 0) is 20.8 Å². The predicted molar refractivity (Wildman–Crippen MR) is 107 cm³/mol. The summed E-state index contributed by atoms with van der Waals surface area (Å²) in [6.45, 7) is -0.251. The highest BCUT2D eigenvalue weighted by molar-refractivity contribution is 5.85. The molecular weight excluding hydrogens is 396 g/mol. The summed E-state index contributed by atoms with van der Waals surface area (Å²) in [6.07, 6.45) is 2.41. The van der Waals surface area contributed by atoms with E-state index in [0.29, 0.717) is 11.1 Å². The van der Waals surface area contributed by atoms with Gasteiger partial charge in [0.15, 0.2) is 11.5 Å². The molecular formula is C20H22N2O8. The first kappa shape index (κ1) is 24.0. The Hall–Kier alpha value is -4.05. The lowest BCUT2D eigenvalue weighted by Gasteiger charge is -2.13. The van der Waals surface area contributed by atoms with E-state index in [1.165, 1.54) is 36.4 Å². The Balaban J connectivity index is 0.000000311. The normalized spacial score (nSPS) is 11.2. The Morgan fingerprint density at radius 3 is 2.10 bits per heavy atom. The van der Waals surface area contributed by atoms with Crippen molar-refractivity contribution in [2.24, 2.45) is 5.73 Å². The number of phenols is 3. The predicted octanol–water partition coefficient (Wildman–Crippen LogP) is 0.658. The van der Waals surface area contributed by atoms with Crippen LogP contribution in [0.25, 0.3) is 6.08 Å². The number of hydrogen-bond acceptors (Lipinski definition) is 7. The maximum Gasteiger partial charge on any atom is 0.328 e. The molecule has 0 aliphatic rings. The number of carboxylic acid groups (broad SMARTS) is 2. The zero-order valence-corrected chi connectivity index (χ0v) is 15.7. The molecule has 160 valence electrons. The number of carbonyl (C=O) groups excluding carboxylic acids is 1. The van der Waals surface area contributed by atoms with Crippen LogP contribution in [0.15, 0.2) is 48.5 Å². The minimum atomic E-state index is -1.13. The number of rotatable bonds is 7. The number of phenolic OH excluding ortho intramolecular Hbond substituents is 3. The van der Waals surface area contributed by atoms with Crippen LogP contribution in [-0.4, -0.2) is 56.0 Å². The molecule has 10 heteroatoms. The number of amides is 1. The van der Waals surface area contributed by atoms with Gasteiger partial charge in [-0.3, -0.25) is 4.79 Å². The van der Waals surface area contributed by atoms with Crippen molar-refractivity contribution in [1.82, 2.24) is 5.32 Å². The van der Waals surface area contributed by atoms with Gasteiger partial charge in [0.1, 0.15) is 11.8 Å². The number of nitrogens with one attached hydrogen (secondary N) is 1. The molecule has 0 radical (unpaired) electrons. The molecule has 0 aliphatic carbocycles. The third-order valence-electron chi connectivity index (χ3n) is 3.61. The summed E-state index contributed by atoms with van der Waals surface area (Å²) in [4.78, 5) is 32.1. The lowest BCUT2D eigenvalue weighted by molar-refractivity contribution is -0.141. The average molecular weight is 418 g/mol. The van der Waals surface area contributed by atoms with Gasteiger partial charge in [-0.25, -0.2) is 9.59 Å². The summed E-state index contributed by atoms with van der Waals surface area (Å²) < 4.78 is 0. The van der Waals surface area contributed by atoms with E-state index in [2.05, 4.69) is 5.32 Å². The van der Waals surface area contributed by atoms with Crippen molar-refractivity contribution in [3.05, 3.63) is 59.7 Å². The molecule has 0 aromatic heterocycles. The van der Waals surface area contributed by atoms with E-state index in [9.17, 15) is 14.4 Å². The Kier molecular flexibility index (Phi) is 9.37. The van der Waals surface area contributed by atoms with Crippen LogP contribution in [0.1, 0.15) is 11.1 Å². The Morgan fingerprint density at radius 2 is 1.60 bits per heavy atom. The first-order valence-electron chi connectivity index (χ1n) is 8.55. The number of carboxylic acids is 2. The van der Waals surface area contributed by atoms with Crippen LogP contribution in [0.4, 0.5) is 0 Å². The van der Waals surface area contributed by atoms with E-state index >= 15 is 0 Å². The molecule has 0 bridgehead atoms. The van der Waals surface area contributed by atoms with Crippen LogP contribution >= 0.6 is 0 Å². The van der Waals surface area contributed by atoms with Crippen molar-refractivity contribution < 1.29 is 39.9 Å². The SMILES string of the molecule is NCC(=O)N[C@@H](Cc1ccc(O)cc1)C(=O)O.O=C(O)/C=C/c1ccc(O)c(O)c1. The highest BCUT2D eigenvalue weighted by atomic mass is 16.4. The number of aromatic hydroxyl groups is 3. The van der Waals surface area contributed by atoms with Gasteiger partial charge in [0.25, 0.3) is 0 Å². The summed E-state index contributed by atoms with van der Waals surface area (Å²) in [5.41, 5.74) is 6.31. The Labute approximate surface area is 171 Å². The minimum Gasteiger partial charge on any atom is -0.508 e. The zero-order valence-electron chi connectivity index (χ0n) is 15.7. The molecule has 0 spiro atoms. The molecule has 1 amide bonds. The summed E-state index contributed by atoms with van der Waals surface area (Å²) >= 11 is 0. The number of benzene rings is 2. The lowest BCUT2D eigenvalue weighted by atomic mass is 10.1. The quantitative estimate of drug-likeness (QED) is 0.250. The molecule has 10 nitrogen and oxygen atoms in total. The van der Waals surface area contributed by atoms with Crippen LogP contribution in [0.2, 0.25) is 0 Å². The fourth-order valence-corrected chi connectivity index (χ4v) is 2.13. The van der Waals surface area contributed by atoms with Crippen LogP contribution < -0.4 is 11.1 Å².